The molecule has 0 unspecified atom stereocenters. The quantitative estimate of drug-likeness (QED) is 0.735. The van der Waals surface area contributed by atoms with Gasteiger partial charge < -0.3 is 9.67 Å². The van der Waals surface area contributed by atoms with Gasteiger partial charge in [0.05, 0.1) is 16.6 Å². The fraction of sp³-hybridized carbons (Fsp3) is 0.0714. The molecule has 0 saturated carbocycles. The standard InChI is InChI=1S/C14H10ClFN2O/c1-18-11-7-8(15)5-6-10(11)17-14(18)13-9(16)3-2-4-12(13)19/h2-7,19H,1H3. The van der Waals surface area contributed by atoms with Gasteiger partial charge in [-0.25, -0.2) is 9.37 Å². The van der Waals surface area contributed by atoms with Crippen molar-refractivity contribution >= 4 is 22.6 Å². The van der Waals surface area contributed by atoms with Crippen molar-refractivity contribution in [1.82, 2.24) is 9.55 Å². The van der Waals surface area contributed by atoms with Crippen LogP contribution in [0.15, 0.2) is 36.4 Å². The summed E-state index contributed by atoms with van der Waals surface area (Å²) in [5.41, 5.74) is 1.58. The van der Waals surface area contributed by atoms with E-state index in [1.54, 1.807) is 29.8 Å². The number of hydrogen-bond acceptors (Lipinski definition) is 2. The first-order chi connectivity index (χ1) is 9.08. The molecular formula is C14H10ClFN2O. The van der Waals surface area contributed by atoms with Crippen molar-refractivity contribution in [2.75, 3.05) is 0 Å². The monoisotopic (exact) mass is 276 g/mol. The Hall–Kier alpha value is -2.07. The van der Waals surface area contributed by atoms with Gasteiger partial charge in [-0.15, -0.1) is 0 Å². The van der Waals surface area contributed by atoms with Gasteiger partial charge in [0.1, 0.15) is 17.4 Å². The third kappa shape index (κ3) is 1.85. The van der Waals surface area contributed by atoms with Crippen molar-refractivity contribution in [2.45, 2.75) is 0 Å². The van der Waals surface area contributed by atoms with Crippen molar-refractivity contribution in [3.05, 3.63) is 47.2 Å². The Morgan fingerprint density at radius 2 is 2.05 bits per heavy atom. The Morgan fingerprint density at radius 3 is 2.79 bits per heavy atom. The van der Waals surface area contributed by atoms with E-state index in [9.17, 15) is 9.50 Å². The molecule has 0 saturated heterocycles. The summed E-state index contributed by atoms with van der Waals surface area (Å²) < 4.78 is 15.6. The molecule has 0 amide bonds. The Morgan fingerprint density at radius 1 is 1.26 bits per heavy atom. The first-order valence-corrected chi connectivity index (χ1v) is 6.05. The second-order valence-electron chi connectivity index (χ2n) is 4.26. The molecule has 1 heterocycles. The number of halogens is 2. The number of phenols is 1. The lowest BCUT2D eigenvalue weighted by Gasteiger charge is -2.06. The summed E-state index contributed by atoms with van der Waals surface area (Å²) in [5.74, 6) is -0.276. The van der Waals surface area contributed by atoms with E-state index in [4.69, 9.17) is 11.6 Å². The van der Waals surface area contributed by atoms with Crippen LogP contribution in [0, 0.1) is 5.82 Å². The predicted molar refractivity (Wildman–Crippen MR) is 72.8 cm³/mol. The van der Waals surface area contributed by atoms with Crippen molar-refractivity contribution < 1.29 is 9.50 Å². The van der Waals surface area contributed by atoms with E-state index >= 15 is 0 Å². The number of imidazole rings is 1. The van der Waals surface area contributed by atoms with Crippen molar-refractivity contribution in [3.63, 3.8) is 0 Å². The fourth-order valence-corrected chi connectivity index (χ4v) is 2.29. The Labute approximate surface area is 113 Å². The highest BCUT2D eigenvalue weighted by molar-refractivity contribution is 6.31. The van der Waals surface area contributed by atoms with Crippen LogP contribution < -0.4 is 0 Å². The number of nitrogens with zero attached hydrogens (tertiary/aromatic N) is 2. The summed E-state index contributed by atoms with van der Waals surface area (Å²) in [4.78, 5) is 4.35. The highest BCUT2D eigenvalue weighted by Gasteiger charge is 2.17. The van der Waals surface area contributed by atoms with Crippen molar-refractivity contribution in [3.8, 4) is 17.1 Å². The number of benzene rings is 2. The molecule has 3 rings (SSSR count). The zero-order valence-electron chi connectivity index (χ0n) is 10.1. The topological polar surface area (TPSA) is 38.0 Å². The van der Waals surface area contributed by atoms with Crippen LogP contribution in [0.25, 0.3) is 22.4 Å². The molecule has 0 radical (unpaired) electrons. The number of fused-ring (bicyclic) bond motifs is 1. The zero-order valence-corrected chi connectivity index (χ0v) is 10.8. The van der Waals surface area contributed by atoms with E-state index < -0.39 is 5.82 Å². The van der Waals surface area contributed by atoms with E-state index in [-0.39, 0.29) is 11.3 Å². The van der Waals surface area contributed by atoms with Gasteiger partial charge in [0, 0.05) is 12.1 Å². The van der Waals surface area contributed by atoms with Gasteiger partial charge in [0.25, 0.3) is 0 Å². The van der Waals surface area contributed by atoms with Crippen LogP contribution in [-0.4, -0.2) is 14.7 Å². The maximum absolute atomic E-state index is 13.9. The molecule has 0 aliphatic carbocycles. The molecule has 19 heavy (non-hydrogen) atoms. The van der Waals surface area contributed by atoms with E-state index in [0.717, 1.165) is 5.52 Å². The minimum atomic E-state index is -0.510. The summed E-state index contributed by atoms with van der Waals surface area (Å²) in [5, 5.41) is 10.4. The Kier molecular flexibility index (Phi) is 2.68. The summed E-state index contributed by atoms with van der Waals surface area (Å²) in [6.45, 7) is 0. The maximum atomic E-state index is 13.9. The summed E-state index contributed by atoms with van der Waals surface area (Å²) in [7, 11) is 1.76. The van der Waals surface area contributed by atoms with Crippen LogP contribution in [0.4, 0.5) is 4.39 Å². The second-order valence-corrected chi connectivity index (χ2v) is 4.70. The molecular weight excluding hydrogens is 267 g/mol. The minimum absolute atomic E-state index is 0.0947. The average molecular weight is 277 g/mol. The highest BCUT2D eigenvalue weighted by atomic mass is 35.5. The normalized spacial score (nSPS) is 11.1. The third-order valence-corrected chi connectivity index (χ3v) is 3.29. The summed E-state index contributed by atoms with van der Waals surface area (Å²) >= 11 is 5.94. The van der Waals surface area contributed by atoms with Crippen molar-refractivity contribution in [1.29, 1.82) is 0 Å². The number of aromatic nitrogens is 2. The van der Waals surface area contributed by atoms with Gasteiger partial charge in [0.2, 0.25) is 0 Å². The van der Waals surface area contributed by atoms with E-state index in [0.29, 0.717) is 16.4 Å². The molecule has 96 valence electrons. The zero-order chi connectivity index (χ0) is 13.6. The molecule has 5 heteroatoms. The number of aryl methyl sites for hydroxylation is 1. The lowest BCUT2D eigenvalue weighted by molar-refractivity contribution is 0.471. The predicted octanol–water partition coefficient (Wildman–Crippen LogP) is 3.74. The van der Waals surface area contributed by atoms with Crippen LogP contribution in [0.1, 0.15) is 0 Å². The van der Waals surface area contributed by atoms with Crippen LogP contribution in [0.3, 0.4) is 0 Å². The highest BCUT2D eigenvalue weighted by Crippen LogP contribution is 2.33. The second kappa shape index (κ2) is 4.24. The third-order valence-electron chi connectivity index (χ3n) is 3.06. The summed E-state index contributed by atoms with van der Waals surface area (Å²) in [6, 6.07) is 9.42. The molecule has 0 aliphatic rings. The first-order valence-electron chi connectivity index (χ1n) is 5.68. The Balaban J connectivity index is 2.35. The van der Waals surface area contributed by atoms with Crippen LogP contribution in [0.2, 0.25) is 5.02 Å². The number of rotatable bonds is 1. The minimum Gasteiger partial charge on any atom is -0.507 e. The molecule has 3 aromatic rings. The van der Waals surface area contributed by atoms with Crippen LogP contribution in [-0.2, 0) is 7.05 Å². The number of hydrogen-bond donors (Lipinski definition) is 1. The van der Waals surface area contributed by atoms with Gasteiger partial charge in [-0.1, -0.05) is 17.7 Å². The number of aromatic hydroxyl groups is 1. The lowest BCUT2D eigenvalue weighted by Crippen LogP contribution is -1.95. The maximum Gasteiger partial charge on any atom is 0.147 e. The van der Waals surface area contributed by atoms with Crippen LogP contribution in [0.5, 0.6) is 5.75 Å². The molecule has 1 aromatic heterocycles. The van der Waals surface area contributed by atoms with Gasteiger partial charge in [-0.3, -0.25) is 0 Å². The largest absolute Gasteiger partial charge is 0.507 e. The van der Waals surface area contributed by atoms with E-state index in [1.165, 1.54) is 18.2 Å². The SMILES string of the molecule is Cn1c(-c2c(O)cccc2F)nc2ccc(Cl)cc21. The fourth-order valence-electron chi connectivity index (χ4n) is 2.12. The van der Waals surface area contributed by atoms with E-state index in [2.05, 4.69) is 4.98 Å². The molecule has 0 bridgehead atoms. The van der Waals surface area contributed by atoms with Gasteiger partial charge in [-0.2, -0.15) is 0 Å². The van der Waals surface area contributed by atoms with Crippen LogP contribution >= 0.6 is 11.6 Å². The van der Waals surface area contributed by atoms with Gasteiger partial charge >= 0.3 is 0 Å². The molecule has 0 atom stereocenters. The average Bonchev–Trinajstić information content (AvgIpc) is 2.67. The molecule has 2 aromatic carbocycles. The van der Waals surface area contributed by atoms with Gasteiger partial charge in [0.15, 0.2) is 0 Å². The Bertz CT molecular complexity index is 762. The molecule has 0 aliphatic heterocycles. The smallest absolute Gasteiger partial charge is 0.147 e. The lowest BCUT2D eigenvalue weighted by atomic mass is 10.2. The summed E-state index contributed by atoms with van der Waals surface area (Å²) in [6.07, 6.45) is 0. The molecule has 3 nitrogen and oxygen atoms in total. The van der Waals surface area contributed by atoms with E-state index in [1.807, 2.05) is 0 Å². The van der Waals surface area contributed by atoms with Crippen molar-refractivity contribution in [2.24, 2.45) is 7.05 Å². The number of phenolic OH excluding ortho intramolecular Hbond substituents is 1. The first kappa shape index (κ1) is 12.0. The van der Waals surface area contributed by atoms with Gasteiger partial charge in [-0.05, 0) is 30.3 Å². The molecule has 0 fully saturated rings. The molecule has 1 N–H and O–H groups in total. The molecule has 0 spiro atoms.